The fraction of sp³-hybridized carbons (Fsp3) is 0.750. The van der Waals surface area contributed by atoms with Gasteiger partial charge >= 0.3 is 0 Å². The third kappa shape index (κ3) is 5.09. The fourth-order valence-electron chi connectivity index (χ4n) is 2.98. The Balaban J connectivity index is 1.92. The minimum atomic E-state index is 0.230. The van der Waals surface area contributed by atoms with Crippen LogP contribution in [-0.4, -0.2) is 12.1 Å². The molecule has 0 aliphatic heterocycles. The first-order valence-corrected chi connectivity index (χ1v) is 8.63. The molecule has 1 nitrogen and oxygen atoms in total. The number of hydrogen-bond donors (Lipinski definition) is 1. The van der Waals surface area contributed by atoms with E-state index in [2.05, 4.69) is 32.2 Å². The van der Waals surface area contributed by atoms with Crippen molar-refractivity contribution in [3.05, 3.63) is 21.3 Å². The molecule has 1 saturated carbocycles. The Morgan fingerprint density at radius 1 is 1.21 bits per heavy atom. The van der Waals surface area contributed by atoms with E-state index in [1.165, 1.54) is 37.0 Å². The summed E-state index contributed by atoms with van der Waals surface area (Å²) in [5.41, 5.74) is 0.230. The lowest BCUT2D eigenvalue weighted by Gasteiger charge is -2.34. The Morgan fingerprint density at radius 2 is 1.89 bits per heavy atom. The third-order valence-corrected chi connectivity index (χ3v) is 5.31. The van der Waals surface area contributed by atoms with Crippen LogP contribution in [0.2, 0.25) is 4.34 Å². The Kier molecular flexibility index (Phi) is 5.33. The average molecular weight is 300 g/mol. The highest BCUT2D eigenvalue weighted by molar-refractivity contribution is 7.16. The quantitative estimate of drug-likeness (QED) is 0.812. The van der Waals surface area contributed by atoms with Crippen molar-refractivity contribution in [2.24, 2.45) is 11.8 Å². The smallest absolute Gasteiger partial charge is 0.0931 e. The van der Waals surface area contributed by atoms with Crippen LogP contribution in [0.3, 0.4) is 0 Å². The van der Waals surface area contributed by atoms with Crippen LogP contribution in [0.1, 0.15) is 51.3 Å². The molecule has 19 heavy (non-hydrogen) atoms. The molecule has 1 heterocycles. The number of nitrogens with one attached hydrogen (secondary N) is 1. The van der Waals surface area contributed by atoms with E-state index in [9.17, 15) is 0 Å². The van der Waals surface area contributed by atoms with Crippen molar-refractivity contribution in [2.75, 3.05) is 6.54 Å². The van der Waals surface area contributed by atoms with Crippen molar-refractivity contribution in [3.63, 3.8) is 0 Å². The van der Waals surface area contributed by atoms with E-state index in [4.69, 9.17) is 11.6 Å². The molecule has 0 radical (unpaired) electrons. The van der Waals surface area contributed by atoms with Gasteiger partial charge < -0.3 is 5.32 Å². The molecule has 0 spiro atoms. The normalized spacial score (nSPS) is 24.6. The van der Waals surface area contributed by atoms with Gasteiger partial charge in [0.05, 0.1) is 4.34 Å². The largest absolute Gasteiger partial charge is 0.312 e. The highest BCUT2D eigenvalue weighted by Crippen LogP contribution is 2.34. The fourth-order valence-corrected chi connectivity index (χ4v) is 4.16. The number of rotatable bonds is 4. The van der Waals surface area contributed by atoms with E-state index in [1.54, 1.807) is 11.3 Å². The van der Waals surface area contributed by atoms with Gasteiger partial charge in [-0.15, -0.1) is 11.3 Å². The summed E-state index contributed by atoms with van der Waals surface area (Å²) in [4.78, 5) is 1.46. The first kappa shape index (κ1) is 15.3. The van der Waals surface area contributed by atoms with Crippen molar-refractivity contribution < 1.29 is 0 Å². The van der Waals surface area contributed by atoms with Crippen molar-refractivity contribution >= 4 is 22.9 Å². The summed E-state index contributed by atoms with van der Waals surface area (Å²) in [6.45, 7) is 7.92. The van der Waals surface area contributed by atoms with E-state index in [1.807, 2.05) is 6.07 Å². The molecule has 108 valence electrons. The molecule has 1 aromatic rings. The summed E-state index contributed by atoms with van der Waals surface area (Å²) in [6, 6.07) is 4.24. The minimum Gasteiger partial charge on any atom is -0.312 e. The summed E-state index contributed by atoms with van der Waals surface area (Å²) in [5, 5.41) is 3.69. The van der Waals surface area contributed by atoms with Gasteiger partial charge in [-0.2, -0.15) is 0 Å². The molecular formula is C16H26ClNS. The zero-order chi connectivity index (χ0) is 13.9. The molecule has 3 heteroatoms. The van der Waals surface area contributed by atoms with Crippen LogP contribution in [0.15, 0.2) is 12.1 Å². The molecule has 0 saturated heterocycles. The van der Waals surface area contributed by atoms with Crippen molar-refractivity contribution in [1.29, 1.82) is 0 Å². The summed E-state index contributed by atoms with van der Waals surface area (Å²) in [6.07, 6.45) is 6.78. The van der Waals surface area contributed by atoms with Crippen molar-refractivity contribution in [1.82, 2.24) is 5.32 Å². The van der Waals surface area contributed by atoms with E-state index in [0.717, 1.165) is 22.7 Å². The lowest BCUT2D eigenvalue weighted by molar-refractivity contribution is 0.214. The molecule has 2 atom stereocenters. The molecule has 0 amide bonds. The van der Waals surface area contributed by atoms with Crippen LogP contribution >= 0.6 is 22.9 Å². The van der Waals surface area contributed by atoms with Gasteiger partial charge in [-0.05, 0) is 70.5 Å². The second-order valence-corrected chi connectivity index (χ2v) is 8.65. The van der Waals surface area contributed by atoms with Crippen LogP contribution in [0.25, 0.3) is 0 Å². The molecule has 1 N–H and O–H groups in total. The maximum absolute atomic E-state index is 6.04. The Morgan fingerprint density at radius 3 is 2.47 bits per heavy atom. The van der Waals surface area contributed by atoms with Gasteiger partial charge in [0.2, 0.25) is 0 Å². The molecule has 0 aromatic carbocycles. The lowest BCUT2D eigenvalue weighted by atomic mass is 9.77. The second-order valence-electron chi connectivity index (χ2n) is 6.85. The molecule has 1 fully saturated rings. The zero-order valence-corrected chi connectivity index (χ0v) is 13.9. The zero-order valence-electron chi connectivity index (χ0n) is 12.3. The minimum absolute atomic E-state index is 0.230. The molecular weight excluding hydrogens is 274 g/mol. The van der Waals surface area contributed by atoms with Crippen LogP contribution in [-0.2, 0) is 6.42 Å². The maximum atomic E-state index is 6.04. The molecule has 1 aromatic heterocycles. The van der Waals surface area contributed by atoms with Crippen LogP contribution in [0.5, 0.6) is 0 Å². The first-order chi connectivity index (χ1) is 8.94. The Hall–Kier alpha value is -0.0500. The van der Waals surface area contributed by atoms with Crippen molar-refractivity contribution in [3.8, 4) is 0 Å². The van der Waals surface area contributed by atoms with Gasteiger partial charge in [-0.1, -0.05) is 24.4 Å². The second kappa shape index (κ2) is 6.60. The summed E-state index contributed by atoms with van der Waals surface area (Å²) in [5.74, 6) is 1.66. The van der Waals surface area contributed by atoms with Crippen LogP contribution in [0, 0.1) is 11.8 Å². The number of halogens is 1. The van der Waals surface area contributed by atoms with Crippen molar-refractivity contribution in [2.45, 2.75) is 58.4 Å². The third-order valence-electron chi connectivity index (χ3n) is 4.05. The number of hydrogen-bond acceptors (Lipinski definition) is 2. The average Bonchev–Trinajstić information content (AvgIpc) is 2.73. The van der Waals surface area contributed by atoms with Gasteiger partial charge in [0.1, 0.15) is 0 Å². The number of thiophene rings is 1. The predicted octanol–water partition coefficient (Wildman–Crippen LogP) is 5.14. The summed E-state index contributed by atoms with van der Waals surface area (Å²) in [7, 11) is 0. The van der Waals surface area contributed by atoms with Gasteiger partial charge in [0.15, 0.2) is 0 Å². The van der Waals surface area contributed by atoms with E-state index in [0.29, 0.717) is 0 Å². The SMILES string of the molecule is CC(C)(C)NCC1CCCCC1Cc1ccc(Cl)s1. The highest BCUT2D eigenvalue weighted by atomic mass is 35.5. The van der Waals surface area contributed by atoms with Crippen LogP contribution in [0.4, 0.5) is 0 Å². The van der Waals surface area contributed by atoms with E-state index < -0.39 is 0 Å². The molecule has 1 aliphatic carbocycles. The molecule has 2 unspecified atom stereocenters. The van der Waals surface area contributed by atoms with Gasteiger partial charge in [-0.3, -0.25) is 0 Å². The molecule has 1 aliphatic rings. The monoisotopic (exact) mass is 299 g/mol. The maximum Gasteiger partial charge on any atom is 0.0931 e. The lowest BCUT2D eigenvalue weighted by Crippen LogP contribution is -2.41. The van der Waals surface area contributed by atoms with E-state index >= 15 is 0 Å². The topological polar surface area (TPSA) is 12.0 Å². The standard InChI is InChI=1S/C16H26ClNS/c1-16(2,3)18-11-13-7-5-4-6-12(13)10-14-8-9-15(17)19-14/h8-9,12-13,18H,4-7,10-11H2,1-3H3. The molecule has 0 bridgehead atoms. The van der Waals surface area contributed by atoms with Crippen LogP contribution < -0.4 is 5.32 Å². The summed E-state index contributed by atoms with van der Waals surface area (Å²) >= 11 is 7.79. The summed E-state index contributed by atoms with van der Waals surface area (Å²) < 4.78 is 0.926. The van der Waals surface area contributed by atoms with E-state index in [-0.39, 0.29) is 5.54 Å². The van der Waals surface area contributed by atoms with Gasteiger partial charge in [-0.25, -0.2) is 0 Å². The van der Waals surface area contributed by atoms with Gasteiger partial charge in [0.25, 0.3) is 0 Å². The Labute approximate surface area is 126 Å². The van der Waals surface area contributed by atoms with Gasteiger partial charge in [0, 0.05) is 10.4 Å². The molecule has 2 rings (SSSR count). The first-order valence-electron chi connectivity index (χ1n) is 7.43. The predicted molar refractivity (Wildman–Crippen MR) is 86.2 cm³/mol. The Bertz CT molecular complexity index is 394. The highest BCUT2D eigenvalue weighted by Gasteiger charge is 2.26.